The summed E-state index contributed by atoms with van der Waals surface area (Å²) in [6.45, 7) is 1.12. The lowest BCUT2D eigenvalue weighted by Crippen LogP contribution is -2.55. The molecule has 1 heterocycles. The number of ether oxygens (including phenoxy) is 1. The Labute approximate surface area is 76.6 Å². The third kappa shape index (κ3) is 2.00. The summed E-state index contributed by atoms with van der Waals surface area (Å²) in [5.41, 5.74) is 0. The van der Waals surface area contributed by atoms with E-state index in [9.17, 15) is 10.2 Å². The summed E-state index contributed by atoms with van der Waals surface area (Å²) in [4.78, 5) is 0. The standard InChI is InChI=1S/C8H16O5/c1-4-5(2-9)7(11)8(12)6(3-10)13-4/h4-12H,2-3H2,1H3/t4-,5?,6?,7+,8-/m0/s1. The van der Waals surface area contributed by atoms with Crippen LogP contribution in [-0.4, -0.2) is 58.1 Å². The van der Waals surface area contributed by atoms with Gasteiger partial charge in [0.1, 0.15) is 12.2 Å². The monoisotopic (exact) mass is 192 g/mol. The highest BCUT2D eigenvalue weighted by Gasteiger charge is 2.41. The first kappa shape index (κ1) is 10.9. The quantitative estimate of drug-likeness (QED) is 0.410. The number of aliphatic hydroxyl groups is 4. The van der Waals surface area contributed by atoms with E-state index < -0.39 is 24.2 Å². The predicted octanol–water partition coefficient (Wildman–Crippen LogP) is -1.90. The van der Waals surface area contributed by atoms with E-state index in [-0.39, 0.29) is 19.3 Å². The fraction of sp³-hybridized carbons (Fsp3) is 1.00. The van der Waals surface area contributed by atoms with Crippen molar-refractivity contribution in [2.45, 2.75) is 31.3 Å². The van der Waals surface area contributed by atoms with Gasteiger partial charge in [0.25, 0.3) is 0 Å². The van der Waals surface area contributed by atoms with Gasteiger partial charge in [-0.25, -0.2) is 0 Å². The Morgan fingerprint density at radius 3 is 2.15 bits per heavy atom. The minimum Gasteiger partial charge on any atom is -0.396 e. The van der Waals surface area contributed by atoms with Crippen LogP contribution < -0.4 is 0 Å². The SMILES string of the molecule is C[C@@H]1OC(CO)[C@H](O)[C@H](O)C1CO. The Bertz CT molecular complexity index is 163. The van der Waals surface area contributed by atoms with Gasteiger partial charge in [-0.3, -0.25) is 0 Å². The van der Waals surface area contributed by atoms with Crippen LogP contribution in [0.2, 0.25) is 0 Å². The molecule has 5 atom stereocenters. The molecule has 4 N–H and O–H groups in total. The molecule has 1 saturated heterocycles. The van der Waals surface area contributed by atoms with Crippen molar-refractivity contribution in [3.8, 4) is 0 Å². The maximum absolute atomic E-state index is 9.51. The average molecular weight is 192 g/mol. The molecule has 0 bridgehead atoms. The molecule has 0 amide bonds. The van der Waals surface area contributed by atoms with Crippen molar-refractivity contribution in [2.24, 2.45) is 5.92 Å². The fourth-order valence-electron chi connectivity index (χ4n) is 1.62. The highest BCUT2D eigenvalue weighted by atomic mass is 16.5. The molecule has 78 valence electrons. The van der Waals surface area contributed by atoms with Gasteiger partial charge in [-0.1, -0.05) is 0 Å². The molecule has 5 nitrogen and oxygen atoms in total. The van der Waals surface area contributed by atoms with Gasteiger partial charge in [0.2, 0.25) is 0 Å². The van der Waals surface area contributed by atoms with Gasteiger partial charge >= 0.3 is 0 Å². The van der Waals surface area contributed by atoms with Crippen molar-refractivity contribution in [1.29, 1.82) is 0 Å². The fourth-order valence-corrected chi connectivity index (χ4v) is 1.62. The Morgan fingerprint density at radius 1 is 1.08 bits per heavy atom. The van der Waals surface area contributed by atoms with Crippen LogP contribution in [0, 0.1) is 5.92 Å². The maximum Gasteiger partial charge on any atom is 0.109 e. The highest BCUT2D eigenvalue weighted by molar-refractivity contribution is 4.89. The van der Waals surface area contributed by atoms with Crippen LogP contribution in [-0.2, 0) is 4.74 Å². The molecule has 0 aliphatic carbocycles. The number of hydrogen-bond acceptors (Lipinski definition) is 5. The first-order chi connectivity index (χ1) is 6.11. The molecule has 5 heteroatoms. The molecule has 0 aromatic heterocycles. The van der Waals surface area contributed by atoms with E-state index in [0.29, 0.717) is 0 Å². The van der Waals surface area contributed by atoms with E-state index >= 15 is 0 Å². The molecule has 0 aromatic carbocycles. The van der Waals surface area contributed by atoms with Crippen molar-refractivity contribution in [3.63, 3.8) is 0 Å². The molecular weight excluding hydrogens is 176 g/mol. The summed E-state index contributed by atoms with van der Waals surface area (Å²) in [5, 5.41) is 36.6. The second kappa shape index (κ2) is 4.34. The third-order valence-corrected chi connectivity index (χ3v) is 2.55. The first-order valence-electron chi connectivity index (χ1n) is 4.35. The molecule has 1 fully saturated rings. The van der Waals surface area contributed by atoms with Crippen LogP contribution in [0.5, 0.6) is 0 Å². The highest BCUT2D eigenvalue weighted by Crippen LogP contribution is 2.25. The van der Waals surface area contributed by atoms with Crippen LogP contribution in [0.25, 0.3) is 0 Å². The molecule has 1 rings (SSSR count). The lowest BCUT2D eigenvalue weighted by atomic mass is 9.88. The van der Waals surface area contributed by atoms with Gasteiger partial charge in [0.15, 0.2) is 0 Å². The first-order valence-corrected chi connectivity index (χ1v) is 4.35. The topological polar surface area (TPSA) is 90.2 Å². The summed E-state index contributed by atoms with van der Waals surface area (Å²) in [6.07, 6.45) is -3.28. The maximum atomic E-state index is 9.51. The van der Waals surface area contributed by atoms with E-state index in [2.05, 4.69) is 0 Å². The van der Waals surface area contributed by atoms with Crippen molar-refractivity contribution in [2.75, 3.05) is 13.2 Å². The van der Waals surface area contributed by atoms with E-state index in [4.69, 9.17) is 14.9 Å². The molecule has 0 aromatic rings. The van der Waals surface area contributed by atoms with Crippen LogP contribution in [0.1, 0.15) is 6.92 Å². The van der Waals surface area contributed by atoms with Crippen molar-refractivity contribution in [1.82, 2.24) is 0 Å². The van der Waals surface area contributed by atoms with Crippen LogP contribution in [0.15, 0.2) is 0 Å². The summed E-state index contributed by atoms with van der Waals surface area (Å²) in [5.74, 6) is -0.488. The molecule has 0 saturated carbocycles. The minimum absolute atomic E-state index is 0.239. The van der Waals surface area contributed by atoms with Gasteiger partial charge in [0, 0.05) is 5.92 Å². The van der Waals surface area contributed by atoms with Crippen molar-refractivity contribution in [3.05, 3.63) is 0 Å². The minimum atomic E-state index is -1.13. The molecule has 2 unspecified atom stereocenters. The van der Waals surface area contributed by atoms with Crippen molar-refractivity contribution >= 4 is 0 Å². The van der Waals surface area contributed by atoms with E-state index in [1.165, 1.54) is 0 Å². The Morgan fingerprint density at radius 2 is 1.69 bits per heavy atom. The molecule has 1 aliphatic heterocycles. The third-order valence-electron chi connectivity index (χ3n) is 2.55. The zero-order valence-electron chi connectivity index (χ0n) is 7.50. The zero-order valence-corrected chi connectivity index (χ0v) is 7.50. The van der Waals surface area contributed by atoms with Crippen LogP contribution in [0.3, 0.4) is 0 Å². The van der Waals surface area contributed by atoms with Crippen LogP contribution in [0.4, 0.5) is 0 Å². The van der Waals surface area contributed by atoms with E-state index in [0.717, 1.165) is 0 Å². The van der Waals surface area contributed by atoms with Crippen molar-refractivity contribution < 1.29 is 25.2 Å². The summed E-state index contributed by atoms with van der Waals surface area (Å²) >= 11 is 0. The normalized spacial score (nSPS) is 46.4. The van der Waals surface area contributed by atoms with Gasteiger partial charge in [-0.2, -0.15) is 0 Å². The number of hydrogen-bond donors (Lipinski definition) is 4. The summed E-state index contributed by atoms with van der Waals surface area (Å²) in [7, 11) is 0. The zero-order chi connectivity index (χ0) is 10.0. The molecular formula is C8H16O5. The second-order valence-electron chi connectivity index (χ2n) is 3.39. The second-order valence-corrected chi connectivity index (χ2v) is 3.39. The van der Waals surface area contributed by atoms with Gasteiger partial charge in [-0.15, -0.1) is 0 Å². The Balaban J connectivity index is 2.66. The van der Waals surface area contributed by atoms with E-state index in [1.54, 1.807) is 6.92 Å². The van der Waals surface area contributed by atoms with Gasteiger partial charge in [-0.05, 0) is 6.92 Å². The predicted molar refractivity (Wildman–Crippen MR) is 44.0 cm³/mol. The summed E-state index contributed by atoms with van der Waals surface area (Å²) < 4.78 is 5.20. The molecule has 13 heavy (non-hydrogen) atoms. The molecule has 0 radical (unpaired) electrons. The molecule has 1 aliphatic rings. The molecule has 0 spiro atoms. The lowest BCUT2D eigenvalue weighted by molar-refractivity contribution is -0.210. The largest absolute Gasteiger partial charge is 0.396 e. The number of aliphatic hydroxyl groups excluding tert-OH is 4. The lowest BCUT2D eigenvalue weighted by Gasteiger charge is -2.40. The number of rotatable bonds is 2. The average Bonchev–Trinajstić information content (AvgIpc) is 2.12. The van der Waals surface area contributed by atoms with Crippen LogP contribution >= 0.6 is 0 Å². The Hall–Kier alpha value is -0.200. The summed E-state index contributed by atoms with van der Waals surface area (Å²) in [6, 6.07) is 0. The van der Waals surface area contributed by atoms with Gasteiger partial charge < -0.3 is 25.2 Å². The van der Waals surface area contributed by atoms with Gasteiger partial charge in [0.05, 0.1) is 25.4 Å². The Kier molecular flexibility index (Phi) is 3.63. The van der Waals surface area contributed by atoms with E-state index in [1.807, 2.05) is 0 Å². The smallest absolute Gasteiger partial charge is 0.109 e.